The molecule has 0 fully saturated rings. The summed E-state index contributed by atoms with van der Waals surface area (Å²) in [5, 5.41) is 0. The number of nitrogens with one attached hydrogen (secondary N) is 1. The Hall–Kier alpha value is -1.45. The van der Waals surface area contributed by atoms with Crippen molar-refractivity contribution in [1.29, 1.82) is 0 Å². The molecule has 1 N–H and O–H groups in total. The third kappa shape index (κ3) is 8.90. The second kappa shape index (κ2) is 15.4. The van der Waals surface area contributed by atoms with Crippen LogP contribution in [0.2, 0.25) is 0 Å². The maximum absolute atomic E-state index is 2.61. The van der Waals surface area contributed by atoms with E-state index in [2.05, 4.69) is 72.2 Å². The molecule has 2 aromatic carbocycles. The first-order chi connectivity index (χ1) is 14.9. The zero-order valence-corrected chi connectivity index (χ0v) is 21.1. The molecule has 3 rings (SSSR count). The Labute approximate surface area is 201 Å². The standard InChI is InChI=1S/C28H41N2.BrH/c1-2-3-4-5-6-7-8-9-10-17-22-29-23-24-30(25-26-18-13-11-14-19-26)28(29)27-20-15-12-16-21-27;/h11-16,18-21H,2-10,17,22-25H2,1H3;1H/q+1;. The van der Waals surface area contributed by atoms with E-state index in [1.165, 1.54) is 94.3 Å². The van der Waals surface area contributed by atoms with E-state index in [1.807, 2.05) is 0 Å². The van der Waals surface area contributed by atoms with Gasteiger partial charge in [-0.1, -0.05) is 107 Å². The molecule has 1 aliphatic heterocycles. The summed E-state index contributed by atoms with van der Waals surface area (Å²) in [7, 11) is 0. The van der Waals surface area contributed by atoms with Crippen LogP contribution in [0.3, 0.4) is 0 Å². The molecule has 0 saturated heterocycles. The minimum absolute atomic E-state index is 0. The van der Waals surface area contributed by atoms with Gasteiger partial charge in [-0.2, -0.15) is 4.58 Å². The van der Waals surface area contributed by atoms with Crippen molar-refractivity contribution in [1.82, 2.24) is 0 Å². The van der Waals surface area contributed by atoms with E-state index in [4.69, 9.17) is 0 Å². The Morgan fingerprint density at radius 2 is 1.26 bits per heavy atom. The van der Waals surface area contributed by atoms with Crippen molar-refractivity contribution >= 4 is 5.84 Å². The molecule has 0 saturated carbocycles. The van der Waals surface area contributed by atoms with E-state index in [0.717, 1.165) is 13.1 Å². The number of amidine groups is 1. The number of unbranched alkanes of at least 4 members (excludes halogenated alkanes) is 9. The lowest BCUT2D eigenvalue weighted by molar-refractivity contribution is -0.801. The van der Waals surface area contributed by atoms with Gasteiger partial charge in [-0.3, -0.25) is 0 Å². The average molecular weight is 487 g/mol. The van der Waals surface area contributed by atoms with Crippen LogP contribution in [0.5, 0.6) is 0 Å². The summed E-state index contributed by atoms with van der Waals surface area (Å²) in [4.78, 5) is 1.68. The maximum atomic E-state index is 2.61. The Bertz CT molecular complexity index is 742. The van der Waals surface area contributed by atoms with Crippen LogP contribution in [0.15, 0.2) is 60.7 Å². The first-order valence-corrected chi connectivity index (χ1v) is 12.4. The molecule has 0 bridgehead atoms. The number of hydrogen-bond acceptors (Lipinski definition) is 0. The summed E-state index contributed by atoms with van der Waals surface area (Å²) in [6.45, 7) is 6.98. The molecule has 1 heterocycles. The SMILES string of the molecule is CCCCCCCCCCCC[NH+]1CC[N+](Cc2ccccc2)=C1c1ccccc1.[Br-]. The lowest BCUT2D eigenvalue weighted by atomic mass is 10.1. The van der Waals surface area contributed by atoms with Crippen molar-refractivity contribution in [2.45, 2.75) is 77.7 Å². The van der Waals surface area contributed by atoms with E-state index in [-0.39, 0.29) is 17.0 Å². The molecule has 3 heteroatoms. The smallest absolute Gasteiger partial charge is 0.369 e. The first kappa shape index (κ1) is 25.8. The average Bonchev–Trinajstić information content (AvgIpc) is 3.18. The van der Waals surface area contributed by atoms with Crippen LogP contribution in [0.1, 0.15) is 82.3 Å². The molecule has 2 aromatic rings. The van der Waals surface area contributed by atoms with Crippen LogP contribution in [0, 0.1) is 0 Å². The largest absolute Gasteiger partial charge is 1.00 e. The van der Waals surface area contributed by atoms with E-state index in [1.54, 1.807) is 4.90 Å². The monoisotopic (exact) mass is 485 g/mol. The van der Waals surface area contributed by atoms with Crippen molar-refractivity contribution in [2.75, 3.05) is 19.6 Å². The minimum atomic E-state index is 0. The highest BCUT2D eigenvalue weighted by atomic mass is 79.9. The summed E-state index contributed by atoms with van der Waals surface area (Å²) < 4.78 is 2.61. The molecular formula is C28H42BrN2+. The topological polar surface area (TPSA) is 7.45 Å². The van der Waals surface area contributed by atoms with Gasteiger partial charge < -0.3 is 17.0 Å². The molecule has 0 aliphatic carbocycles. The van der Waals surface area contributed by atoms with Crippen molar-refractivity contribution < 1.29 is 26.5 Å². The van der Waals surface area contributed by atoms with Crippen molar-refractivity contribution in [3.05, 3.63) is 71.8 Å². The molecule has 0 radical (unpaired) electrons. The Balaban J connectivity index is 0.00000341. The first-order valence-electron chi connectivity index (χ1n) is 12.4. The number of quaternary nitrogens is 1. The quantitative estimate of drug-likeness (QED) is 0.310. The van der Waals surface area contributed by atoms with Gasteiger partial charge >= 0.3 is 5.84 Å². The van der Waals surface area contributed by atoms with Crippen LogP contribution in [0.25, 0.3) is 0 Å². The second-order valence-electron chi connectivity index (χ2n) is 8.91. The Morgan fingerprint density at radius 3 is 1.87 bits per heavy atom. The molecule has 0 aromatic heterocycles. The third-order valence-electron chi connectivity index (χ3n) is 6.43. The highest BCUT2D eigenvalue weighted by Crippen LogP contribution is 2.10. The molecule has 1 unspecified atom stereocenters. The highest BCUT2D eigenvalue weighted by Gasteiger charge is 2.36. The summed E-state index contributed by atoms with van der Waals surface area (Å²) >= 11 is 0. The van der Waals surface area contributed by atoms with E-state index in [9.17, 15) is 0 Å². The zero-order valence-electron chi connectivity index (χ0n) is 19.5. The van der Waals surface area contributed by atoms with E-state index in [0.29, 0.717) is 0 Å². The number of hydrogen-bond donors (Lipinski definition) is 1. The lowest BCUT2D eigenvalue weighted by Crippen LogP contribution is -3.13. The highest BCUT2D eigenvalue weighted by molar-refractivity contribution is 5.88. The zero-order chi connectivity index (χ0) is 20.9. The van der Waals surface area contributed by atoms with Gasteiger partial charge in [0.1, 0.15) is 12.1 Å². The van der Waals surface area contributed by atoms with Crippen molar-refractivity contribution in [2.24, 2.45) is 0 Å². The lowest BCUT2D eigenvalue weighted by Gasteiger charge is -2.11. The minimum Gasteiger partial charge on any atom is -1.00 e. The number of rotatable bonds is 14. The van der Waals surface area contributed by atoms with Gasteiger partial charge in [-0.25, -0.2) is 4.90 Å². The van der Waals surface area contributed by atoms with Gasteiger partial charge in [0.2, 0.25) is 0 Å². The fraction of sp³-hybridized carbons (Fsp3) is 0.536. The molecule has 31 heavy (non-hydrogen) atoms. The van der Waals surface area contributed by atoms with Crippen LogP contribution in [-0.4, -0.2) is 30.0 Å². The summed E-state index contributed by atoms with van der Waals surface area (Å²) in [6.07, 6.45) is 14.1. The number of nitrogens with zero attached hydrogens (tertiary/aromatic N) is 1. The summed E-state index contributed by atoms with van der Waals surface area (Å²) in [6, 6.07) is 22.0. The van der Waals surface area contributed by atoms with Gasteiger partial charge in [-0.15, -0.1) is 0 Å². The van der Waals surface area contributed by atoms with E-state index >= 15 is 0 Å². The van der Waals surface area contributed by atoms with Crippen LogP contribution >= 0.6 is 0 Å². The van der Waals surface area contributed by atoms with Crippen molar-refractivity contribution in [3.8, 4) is 0 Å². The number of benzene rings is 2. The molecule has 2 nitrogen and oxygen atoms in total. The van der Waals surface area contributed by atoms with Gasteiger partial charge in [0.05, 0.1) is 6.54 Å². The summed E-state index contributed by atoms with van der Waals surface area (Å²) in [5.74, 6) is 1.51. The summed E-state index contributed by atoms with van der Waals surface area (Å²) in [5.41, 5.74) is 2.80. The molecule has 0 spiro atoms. The van der Waals surface area contributed by atoms with Gasteiger partial charge in [0.15, 0.2) is 13.1 Å². The fourth-order valence-corrected chi connectivity index (χ4v) is 4.74. The van der Waals surface area contributed by atoms with Crippen LogP contribution < -0.4 is 21.9 Å². The maximum Gasteiger partial charge on any atom is 0.369 e. The second-order valence-corrected chi connectivity index (χ2v) is 8.91. The van der Waals surface area contributed by atoms with Gasteiger partial charge in [-0.05, 0) is 25.0 Å². The van der Waals surface area contributed by atoms with Crippen molar-refractivity contribution in [3.63, 3.8) is 0 Å². The predicted molar refractivity (Wildman–Crippen MR) is 128 cm³/mol. The van der Waals surface area contributed by atoms with Gasteiger partial charge in [0.25, 0.3) is 0 Å². The third-order valence-corrected chi connectivity index (χ3v) is 6.43. The number of halogens is 1. The molecule has 0 amide bonds. The molecule has 1 atom stereocenters. The fourth-order valence-electron chi connectivity index (χ4n) is 4.74. The molecule has 170 valence electrons. The Morgan fingerprint density at radius 1 is 0.710 bits per heavy atom. The van der Waals surface area contributed by atoms with Gasteiger partial charge in [0, 0.05) is 5.56 Å². The Kier molecular flexibility index (Phi) is 12.8. The molecule has 1 aliphatic rings. The normalized spacial score (nSPS) is 15.8. The van der Waals surface area contributed by atoms with Crippen LogP contribution in [0.4, 0.5) is 0 Å². The van der Waals surface area contributed by atoms with E-state index < -0.39 is 0 Å². The van der Waals surface area contributed by atoms with Crippen LogP contribution in [-0.2, 0) is 6.54 Å². The molecular weight excluding hydrogens is 444 g/mol. The predicted octanol–water partition coefficient (Wildman–Crippen LogP) is 2.47.